The molecule has 0 aliphatic heterocycles. The number of benzene rings is 2. The Morgan fingerprint density at radius 1 is 1.00 bits per heavy atom. The molecule has 2 aromatic rings. The van der Waals surface area contributed by atoms with E-state index in [2.05, 4.69) is 74.6 Å². The Balaban J connectivity index is 2.07. The molecule has 0 spiro atoms. The first-order valence-corrected chi connectivity index (χ1v) is 8.05. The summed E-state index contributed by atoms with van der Waals surface area (Å²) in [5.41, 5.74) is 5.64. The Bertz CT molecular complexity index is 545. The maximum absolute atomic E-state index is 3.69. The van der Waals surface area contributed by atoms with E-state index in [1.807, 2.05) is 0 Å². The van der Waals surface area contributed by atoms with Crippen LogP contribution in [0.2, 0.25) is 0 Å². The fourth-order valence-corrected chi connectivity index (χ4v) is 2.76. The van der Waals surface area contributed by atoms with E-state index in [0.717, 1.165) is 19.4 Å². The minimum absolute atomic E-state index is 0.450. The average molecular weight is 281 g/mol. The zero-order valence-corrected chi connectivity index (χ0v) is 13.5. The van der Waals surface area contributed by atoms with Gasteiger partial charge in [0, 0.05) is 6.04 Å². The molecule has 0 saturated carbocycles. The van der Waals surface area contributed by atoms with Crippen LogP contribution in [0.1, 0.15) is 48.1 Å². The fourth-order valence-electron chi connectivity index (χ4n) is 2.76. The molecule has 1 atom stereocenters. The van der Waals surface area contributed by atoms with Crippen molar-refractivity contribution in [1.82, 2.24) is 5.32 Å². The van der Waals surface area contributed by atoms with E-state index in [4.69, 9.17) is 0 Å². The normalized spacial score (nSPS) is 12.3. The molecule has 2 aromatic carbocycles. The summed E-state index contributed by atoms with van der Waals surface area (Å²) in [7, 11) is 0. The van der Waals surface area contributed by atoms with Gasteiger partial charge >= 0.3 is 0 Å². The highest BCUT2D eigenvalue weighted by atomic mass is 14.9. The Labute approximate surface area is 129 Å². The molecule has 0 heterocycles. The fraction of sp³-hybridized carbons (Fsp3) is 0.400. The van der Waals surface area contributed by atoms with Crippen LogP contribution in [0.25, 0.3) is 0 Å². The van der Waals surface area contributed by atoms with Crippen LogP contribution in [0, 0.1) is 13.8 Å². The second kappa shape index (κ2) is 7.99. The van der Waals surface area contributed by atoms with Gasteiger partial charge in [0.15, 0.2) is 0 Å². The molecule has 0 radical (unpaired) electrons. The summed E-state index contributed by atoms with van der Waals surface area (Å²) in [5.74, 6) is 0. The number of hydrogen-bond donors (Lipinski definition) is 1. The first kappa shape index (κ1) is 15.8. The summed E-state index contributed by atoms with van der Waals surface area (Å²) in [6.07, 6.45) is 3.45. The van der Waals surface area contributed by atoms with E-state index in [0.29, 0.717) is 6.04 Å². The van der Waals surface area contributed by atoms with Gasteiger partial charge in [0.2, 0.25) is 0 Å². The van der Waals surface area contributed by atoms with Crippen LogP contribution in [-0.4, -0.2) is 6.54 Å². The zero-order valence-electron chi connectivity index (χ0n) is 13.5. The van der Waals surface area contributed by atoms with Gasteiger partial charge in [-0.25, -0.2) is 0 Å². The first-order valence-electron chi connectivity index (χ1n) is 8.05. The van der Waals surface area contributed by atoms with Gasteiger partial charge in [-0.05, 0) is 56.3 Å². The lowest BCUT2D eigenvalue weighted by Gasteiger charge is -2.19. The predicted octanol–water partition coefficient (Wildman–Crippen LogP) is 4.98. The highest BCUT2D eigenvalue weighted by Gasteiger charge is 2.11. The summed E-state index contributed by atoms with van der Waals surface area (Å²) < 4.78 is 0. The van der Waals surface area contributed by atoms with E-state index < -0.39 is 0 Å². The smallest absolute Gasteiger partial charge is 0.0323 e. The van der Waals surface area contributed by atoms with Crippen molar-refractivity contribution in [1.29, 1.82) is 0 Å². The number of aryl methyl sites for hydroxylation is 3. The van der Waals surface area contributed by atoms with Crippen LogP contribution < -0.4 is 5.32 Å². The van der Waals surface area contributed by atoms with E-state index in [-0.39, 0.29) is 0 Å². The summed E-state index contributed by atoms with van der Waals surface area (Å²) in [5, 5.41) is 3.69. The van der Waals surface area contributed by atoms with Crippen LogP contribution in [0.5, 0.6) is 0 Å². The van der Waals surface area contributed by atoms with Gasteiger partial charge < -0.3 is 5.32 Å². The molecule has 0 aliphatic carbocycles. The molecule has 0 aliphatic rings. The van der Waals surface area contributed by atoms with E-state index in [9.17, 15) is 0 Å². The van der Waals surface area contributed by atoms with Gasteiger partial charge in [0.1, 0.15) is 0 Å². The summed E-state index contributed by atoms with van der Waals surface area (Å²) in [6.45, 7) is 7.69. The summed E-state index contributed by atoms with van der Waals surface area (Å²) in [6, 6.07) is 18.0. The van der Waals surface area contributed by atoms with E-state index in [1.54, 1.807) is 0 Å². The maximum Gasteiger partial charge on any atom is 0.0323 e. The minimum atomic E-state index is 0.450. The third-order valence-electron chi connectivity index (χ3n) is 4.05. The quantitative estimate of drug-likeness (QED) is 0.755. The molecular weight excluding hydrogens is 254 g/mol. The standard InChI is InChI=1S/C20H27N/c1-4-14-21-20(18-8-6-5-7-9-18)13-12-19-15-16(2)10-11-17(19)3/h5-11,15,20-21H,4,12-14H2,1-3H3. The van der Waals surface area contributed by atoms with Crippen molar-refractivity contribution in [3.05, 3.63) is 70.8 Å². The third kappa shape index (κ3) is 4.71. The highest BCUT2D eigenvalue weighted by Crippen LogP contribution is 2.21. The van der Waals surface area contributed by atoms with Gasteiger partial charge in [-0.3, -0.25) is 0 Å². The van der Waals surface area contributed by atoms with Gasteiger partial charge in [-0.2, -0.15) is 0 Å². The topological polar surface area (TPSA) is 12.0 Å². The molecule has 0 fully saturated rings. The van der Waals surface area contributed by atoms with Crippen molar-refractivity contribution in [2.24, 2.45) is 0 Å². The lowest BCUT2D eigenvalue weighted by molar-refractivity contribution is 0.499. The Morgan fingerprint density at radius 3 is 2.48 bits per heavy atom. The lowest BCUT2D eigenvalue weighted by atomic mass is 9.95. The Hall–Kier alpha value is -1.60. The molecule has 112 valence electrons. The minimum Gasteiger partial charge on any atom is -0.310 e. The van der Waals surface area contributed by atoms with Crippen LogP contribution in [-0.2, 0) is 6.42 Å². The second-order valence-corrected chi connectivity index (χ2v) is 5.89. The van der Waals surface area contributed by atoms with Crippen LogP contribution in [0.4, 0.5) is 0 Å². The molecular formula is C20H27N. The van der Waals surface area contributed by atoms with Crippen LogP contribution in [0.15, 0.2) is 48.5 Å². The molecule has 21 heavy (non-hydrogen) atoms. The molecule has 0 aromatic heterocycles. The highest BCUT2D eigenvalue weighted by molar-refractivity contribution is 5.31. The monoisotopic (exact) mass is 281 g/mol. The van der Waals surface area contributed by atoms with Crippen LogP contribution >= 0.6 is 0 Å². The van der Waals surface area contributed by atoms with Crippen molar-refractivity contribution >= 4 is 0 Å². The van der Waals surface area contributed by atoms with Crippen molar-refractivity contribution in [3.63, 3.8) is 0 Å². The molecule has 1 nitrogen and oxygen atoms in total. The Kier molecular flexibility index (Phi) is 6.01. The second-order valence-electron chi connectivity index (χ2n) is 5.89. The van der Waals surface area contributed by atoms with Crippen molar-refractivity contribution in [3.8, 4) is 0 Å². The van der Waals surface area contributed by atoms with Crippen molar-refractivity contribution in [2.45, 2.75) is 46.1 Å². The largest absolute Gasteiger partial charge is 0.310 e. The number of hydrogen-bond acceptors (Lipinski definition) is 1. The predicted molar refractivity (Wildman–Crippen MR) is 91.7 cm³/mol. The SMILES string of the molecule is CCCNC(CCc1cc(C)ccc1C)c1ccccc1. The zero-order chi connectivity index (χ0) is 15.1. The van der Waals surface area contributed by atoms with E-state index >= 15 is 0 Å². The first-order chi connectivity index (χ1) is 10.2. The summed E-state index contributed by atoms with van der Waals surface area (Å²) >= 11 is 0. The van der Waals surface area contributed by atoms with Gasteiger partial charge in [0.25, 0.3) is 0 Å². The molecule has 0 amide bonds. The van der Waals surface area contributed by atoms with Crippen molar-refractivity contribution in [2.75, 3.05) is 6.54 Å². The molecule has 0 saturated heterocycles. The maximum atomic E-state index is 3.69. The Morgan fingerprint density at radius 2 is 1.76 bits per heavy atom. The third-order valence-corrected chi connectivity index (χ3v) is 4.05. The number of rotatable bonds is 7. The summed E-state index contributed by atoms with van der Waals surface area (Å²) in [4.78, 5) is 0. The molecule has 1 N–H and O–H groups in total. The van der Waals surface area contributed by atoms with Crippen molar-refractivity contribution < 1.29 is 0 Å². The van der Waals surface area contributed by atoms with Gasteiger partial charge in [0.05, 0.1) is 0 Å². The van der Waals surface area contributed by atoms with Gasteiger partial charge in [-0.1, -0.05) is 61.0 Å². The molecule has 1 unspecified atom stereocenters. The number of nitrogens with one attached hydrogen (secondary N) is 1. The molecule has 2 rings (SSSR count). The van der Waals surface area contributed by atoms with Crippen LogP contribution in [0.3, 0.4) is 0 Å². The molecule has 0 bridgehead atoms. The average Bonchev–Trinajstić information content (AvgIpc) is 2.51. The molecule has 1 heteroatoms. The van der Waals surface area contributed by atoms with Gasteiger partial charge in [-0.15, -0.1) is 0 Å². The van der Waals surface area contributed by atoms with E-state index in [1.165, 1.54) is 28.7 Å². The lowest BCUT2D eigenvalue weighted by Crippen LogP contribution is -2.22.